The summed E-state index contributed by atoms with van der Waals surface area (Å²) in [7, 11) is 0. The molecule has 2 aromatic carbocycles. The number of carbonyl (C=O) groups excluding carboxylic acids is 1. The summed E-state index contributed by atoms with van der Waals surface area (Å²) < 4.78 is 12.2. The van der Waals surface area contributed by atoms with Crippen molar-refractivity contribution in [2.24, 2.45) is 11.8 Å². The number of ether oxygens (including phenoxy) is 2. The van der Waals surface area contributed by atoms with E-state index in [-0.39, 0.29) is 12.1 Å². The zero-order valence-corrected chi connectivity index (χ0v) is 16.8. The zero-order chi connectivity index (χ0) is 19.6. The summed E-state index contributed by atoms with van der Waals surface area (Å²) in [5.74, 6) is 0.900. The minimum absolute atomic E-state index is 0.00606. The molecule has 0 aromatic heterocycles. The van der Waals surface area contributed by atoms with Gasteiger partial charge in [0, 0.05) is 6.61 Å². The van der Waals surface area contributed by atoms with Gasteiger partial charge in [0.2, 0.25) is 0 Å². The molecule has 0 amide bonds. The second-order valence-electron chi connectivity index (χ2n) is 8.37. The van der Waals surface area contributed by atoms with Crippen LogP contribution >= 0.6 is 0 Å². The van der Waals surface area contributed by atoms with Crippen LogP contribution in [-0.2, 0) is 19.7 Å². The van der Waals surface area contributed by atoms with E-state index in [1.54, 1.807) is 0 Å². The Morgan fingerprint density at radius 3 is 1.89 bits per heavy atom. The lowest BCUT2D eigenvalue weighted by molar-refractivity contribution is -0.159. The predicted molar refractivity (Wildman–Crippen MR) is 110 cm³/mol. The van der Waals surface area contributed by atoms with E-state index in [1.165, 1.54) is 12.8 Å². The van der Waals surface area contributed by atoms with Gasteiger partial charge < -0.3 is 9.47 Å². The predicted octanol–water partition coefficient (Wildman–Crippen LogP) is 5.13. The van der Waals surface area contributed by atoms with Crippen molar-refractivity contribution in [2.75, 3.05) is 6.61 Å². The highest BCUT2D eigenvalue weighted by Gasteiger charge is 2.46. The van der Waals surface area contributed by atoms with Gasteiger partial charge in [-0.2, -0.15) is 0 Å². The Kier molecular flexibility index (Phi) is 5.54. The first kappa shape index (κ1) is 19.2. The number of esters is 1. The van der Waals surface area contributed by atoms with Crippen molar-refractivity contribution < 1.29 is 14.3 Å². The molecule has 2 aliphatic rings. The second kappa shape index (κ2) is 8.08. The molecule has 2 aliphatic carbocycles. The number of hydrogen-bond acceptors (Lipinski definition) is 3. The summed E-state index contributed by atoms with van der Waals surface area (Å²) in [5.41, 5.74) is 1.13. The Morgan fingerprint density at radius 1 is 0.929 bits per heavy atom. The first-order valence-electron chi connectivity index (χ1n) is 10.6. The minimum atomic E-state index is -0.807. The standard InChI is InChI=1S/C25H30O3/c1-3-27-23-18-14-15-19(23)17-22(16-18)28-24(26)25(2,20-10-6-4-7-11-20)21-12-8-5-9-13-21/h4-13,18-19,22-23H,3,14-17H2,1-2H3. The molecule has 0 N–H and O–H groups in total. The minimum Gasteiger partial charge on any atom is -0.461 e. The fourth-order valence-electron chi connectivity index (χ4n) is 5.19. The van der Waals surface area contributed by atoms with Crippen LogP contribution < -0.4 is 0 Å². The number of fused-ring (bicyclic) bond motifs is 2. The summed E-state index contributed by atoms with van der Waals surface area (Å²) in [6.07, 6.45) is 4.58. The quantitative estimate of drug-likeness (QED) is 0.654. The lowest BCUT2D eigenvalue weighted by Crippen LogP contribution is -2.42. The Morgan fingerprint density at radius 2 is 1.43 bits per heavy atom. The van der Waals surface area contributed by atoms with E-state index in [9.17, 15) is 4.79 Å². The van der Waals surface area contributed by atoms with Gasteiger partial charge in [0.25, 0.3) is 0 Å². The second-order valence-corrected chi connectivity index (χ2v) is 8.37. The summed E-state index contributed by atoms with van der Waals surface area (Å²) >= 11 is 0. The van der Waals surface area contributed by atoms with Crippen molar-refractivity contribution in [3.63, 3.8) is 0 Å². The van der Waals surface area contributed by atoms with E-state index in [2.05, 4.69) is 6.92 Å². The molecule has 28 heavy (non-hydrogen) atoms. The van der Waals surface area contributed by atoms with Crippen LogP contribution in [0, 0.1) is 11.8 Å². The Bertz CT molecular complexity index is 732. The third-order valence-electron chi connectivity index (χ3n) is 6.71. The first-order chi connectivity index (χ1) is 13.6. The van der Waals surface area contributed by atoms with Crippen LogP contribution in [0.2, 0.25) is 0 Å². The van der Waals surface area contributed by atoms with Crippen LogP contribution in [0.5, 0.6) is 0 Å². The number of carbonyl (C=O) groups is 1. The van der Waals surface area contributed by atoms with Crippen LogP contribution in [0.3, 0.4) is 0 Å². The molecule has 0 aliphatic heterocycles. The fraction of sp³-hybridized carbons (Fsp3) is 0.480. The Hall–Kier alpha value is -2.13. The van der Waals surface area contributed by atoms with E-state index in [0.29, 0.717) is 17.9 Å². The van der Waals surface area contributed by atoms with Gasteiger partial charge >= 0.3 is 5.97 Å². The van der Waals surface area contributed by atoms with E-state index in [4.69, 9.17) is 9.47 Å². The fourth-order valence-corrected chi connectivity index (χ4v) is 5.19. The Balaban J connectivity index is 1.56. The largest absolute Gasteiger partial charge is 0.461 e. The monoisotopic (exact) mass is 378 g/mol. The van der Waals surface area contributed by atoms with Gasteiger partial charge in [0.15, 0.2) is 0 Å². The molecule has 2 atom stereocenters. The van der Waals surface area contributed by atoms with Crippen LogP contribution in [0.1, 0.15) is 50.7 Å². The highest BCUT2D eigenvalue weighted by Crippen LogP contribution is 2.45. The zero-order valence-electron chi connectivity index (χ0n) is 16.8. The van der Waals surface area contributed by atoms with Crippen molar-refractivity contribution in [2.45, 2.75) is 57.2 Å². The van der Waals surface area contributed by atoms with Gasteiger partial charge in [-0.05, 0) is 62.5 Å². The van der Waals surface area contributed by atoms with Crippen LogP contribution in [0.4, 0.5) is 0 Å². The first-order valence-corrected chi connectivity index (χ1v) is 10.6. The van der Waals surface area contributed by atoms with Crippen LogP contribution in [0.15, 0.2) is 60.7 Å². The van der Waals surface area contributed by atoms with Crippen LogP contribution in [-0.4, -0.2) is 24.8 Å². The normalized spacial score (nSPS) is 26.8. The van der Waals surface area contributed by atoms with Crippen LogP contribution in [0.25, 0.3) is 0 Å². The van der Waals surface area contributed by atoms with E-state index in [1.807, 2.05) is 67.6 Å². The molecule has 2 unspecified atom stereocenters. The molecule has 4 rings (SSSR count). The molecule has 148 valence electrons. The van der Waals surface area contributed by atoms with Gasteiger partial charge in [-0.15, -0.1) is 0 Å². The maximum atomic E-state index is 13.5. The van der Waals surface area contributed by atoms with Crippen molar-refractivity contribution in [1.82, 2.24) is 0 Å². The molecule has 3 heteroatoms. The van der Waals surface area contributed by atoms with E-state index >= 15 is 0 Å². The number of benzene rings is 2. The third-order valence-corrected chi connectivity index (χ3v) is 6.71. The average molecular weight is 379 g/mol. The van der Waals surface area contributed by atoms with Crippen molar-refractivity contribution in [3.05, 3.63) is 71.8 Å². The highest BCUT2D eigenvalue weighted by atomic mass is 16.5. The van der Waals surface area contributed by atoms with Gasteiger partial charge in [0.1, 0.15) is 11.5 Å². The van der Waals surface area contributed by atoms with E-state index in [0.717, 1.165) is 30.6 Å². The molecule has 2 bridgehead atoms. The molecular weight excluding hydrogens is 348 g/mol. The average Bonchev–Trinajstić information content (AvgIpc) is 2.97. The van der Waals surface area contributed by atoms with Crippen molar-refractivity contribution in [1.29, 1.82) is 0 Å². The molecule has 0 saturated heterocycles. The molecule has 3 nitrogen and oxygen atoms in total. The van der Waals surface area contributed by atoms with Gasteiger partial charge in [0.05, 0.1) is 6.10 Å². The van der Waals surface area contributed by atoms with Gasteiger partial charge in [-0.1, -0.05) is 60.7 Å². The maximum absolute atomic E-state index is 13.5. The number of hydrogen-bond donors (Lipinski definition) is 0. The third kappa shape index (κ3) is 3.48. The Labute approximate surface area is 168 Å². The summed E-state index contributed by atoms with van der Waals surface area (Å²) in [6, 6.07) is 20.0. The molecule has 2 saturated carbocycles. The molecule has 0 spiro atoms. The highest BCUT2D eigenvalue weighted by molar-refractivity contribution is 5.87. The summed E-state index contributed by atoms with van der Waals surface area (Å²) in [5, 5.41) is 0. The van der Waals surface area contributed by atoms with E-state index < -0.39 is 5.41 Å². The lowest BCUT2D eigenvalue weighted by Gasteiger charge is -2.37. The van der Waals surface area contributed by atoms with Gasteiger partial charge in [-0.25, -0.2) is 0 Å². The maximum Gasteiger partial charge on any atom is 0.321 e. The SMILES string of the molecule is CCOC1C2CCC1CC(OC(=O)C(C)(c1ccccc1)c1ccccc1)C2. The summed E-state index contributed by atoms with van der Waals surface area (Å²) in [4.78, 5) is 13.5. The topological polar surface area (TPSA) is 35.5 Å². The molecule has 0 radical (unpaired) electrons. The molecular formula is C25H30O3. The van der Waals surface area contributed by atoms with Gasteiger partial charge in [-0.3, -0.25) is 4.79 Å². The summed E-state index contributed by atoms with van der Waals surface area (Å²) in [6.45, 7) is 4.82. The van der Waals surface area contributed by atoms with Crippen molar-refractivity contribution >= 4 is 5.97 Å². The molecule has 2 aromatic rings. The number of rotatable bonds is 6. The lowest BCUT2D eigenvalue weighted by atomic mass is 9.76. The molecule has 0 heterocycles. The smallest absolute Gasteiger partial charge is 0.321 e. The molecule has 2 fully saturated rings. The van der Waals surface area contributed by atoms with Crippen molar-refractivity contribution in [3.8, 4) is 0 Å².